The van der Waals surface area contributed by atoms with Crippen LogP contribution in [0, 0.1) is 0 Å². The Balaban J connectivity index is 1.80. The molecular weight excluding hydrogens is 544 g/mol. The normalized spacial score (nSPS) is 11.8. The molecule has 0 aromatic heterocycles. The van der Waals surface area contributed by atoms with Crippen molar-refractivity contribution >= 4 is 62.3 Å². The van der Waals surface area contributed by atoms with E-state index >= 15 is 0 Å². The maximum atomic E-state index is 13.2. The number of thioether (sulfide) groups is 1. The minimum absolute atomic E-state index is 0.241. The number of alkyl halides is 3. The molecule has 0 radical (unpaired) electrons. The molecule has 0 bridgehead atoms. The highest BCUT2D eigenvalue weighted by Crippen LogP contribution is 2.36. The van der Waals surface area contributed by atoms with Crippen LogP contribution in [0.4, 0.5) is 24.5 Å². The number of benzene rings is 3. The minimum atomic E-state index is -4.72. The fourth-order valence-electron chi connectivity index (χ4n) is 3.02. The summed E-state index contributed by atoms with van der Waals surface area (Å²) in [7, 11) is -4.15. The third kappa shape index (κ3) is 7.54. The van der Waals surface area contributed by atoms with Crippen molar-refractivity contribution in [3.63, 3.8) is 0 Å². The van der Waals surface area contributed by atoms with Crippen LogP contribution in [0.1, 0.15) is 11.1 Å². The average Bonchev–Trinajstić information content (AvgIpc) is 2.77. The largest absolute Gasteiger partial charge is 0.416 e. The first kappa shape index (κ1) is 27.2. The second-order valence-corrected chi connectivity index (χ2v) is 11.2. The van der Waals surface area contributed by atoms with E-state index in [0.29, 0.717) is 26.8 Å². The van der Waals surface area contributed by atoms with Crippen LogP contribution in [0.3, 0.4) is 0 Å². The molecule has 3 rings (SSSR count). The fraction of sp³-hybridized carbons (Fsp3) is 0.174. The topological polar surface area (TPSA) is 66.5 Å². The predicted octanol–water partition coefficient (Wildman–Crippen LogP) is 6.71. The van der Waals surface area contributed by atoms with Gasteiger partial charge in [0.2, 0.25) is 15.9 Å². The number of carbonyl (C=O) groups is 1. The van der Waals surface area contributed by atoms with Gasteiger partial charge in [-0.3, -0.25) is 9.10 Å². The molecule has 0 aliphatic carbocycles. The zero-order valence-corrected chi connectivity index (χ0v) is 21.3. The zero-order valence-electron chi connectivity index (χ0n) is 18.1. The van der Waals surface area contributed by atoms with Gasteiger partial charge in [0.25, 0.3) is 0 Å². The van der Waals surface area contributed by atoms with E-state index in [4.69, 9.17) is 23.2 Å². The zero-order chi connectivity index (χ0) is 25.8. The summed E-state index contributed by atoms with van der Waals surface area (Å²) >= 11 is 13.4. The van der Waals surface area contributed by atoms with Gasteiger partial charge in [-0.05, 0) is 48.0 Å². The molecule has 3 aromatic carbocycles. The van der Waals surface area contributed by atoms with Gasteiger partial charge in [0, 0.05) is 15.7 Å². The molecule has 0 saturated heterocycles. The number of nitrogens with zero attached hydrogens (tertiary/aromatic N) is 1. The van der Waals surface area contributed by atoms with E-state index < -0.39 is 39.9 Å². The lowest BCUT2D eigenvalue weighted by Crippen LogP contribution is -2.37. The lowest BCUT2D eigenvalue weighted by molar-refractivity contribution is -0.137. The monoisotopic (exact) mass is 562 g/mol. The lowest BCUT2D eigenvalue weighted by Gasteiger charge is -2.24. The van der Waals surface area contributed by atoms with Crippen molar-refractivity contribution in [1.29, 1.82) is 0 Å². The second kappa shape index (κ2) is 11.1. The summed E-state index contributed by atoms with van der Waals surface area (Å²) in [5.74, 6) is -0.164. The Morgan fingerprint density at radius 3 is 2.31 bits per heavy atom. The highest BCUT2D eigenvalue weighted by atomic mass is 35.5. The van der Waals surface area contributed by atoms with Crippen molar-refractivity contribution < 1.29 is 26.4 Å². The number of halogens is 5. The Morgan fingerprint density at radius 2 is 1.69 bits per heavy atom. The van der Waals surface area contributed by atoms with Gasteiger partial charge in [0.1, 0.15) is 6.54 Å². The molecule has 12 heteroatoms. The maximum Gasteiger partial charge on any atom is 0.416 e. The van der Waals surface area contributed by atoms with Crippen LogP contribution in [-0.2, 0) is 26.7 Å². The third-order valence-electron chi connectivity index (χ3n) is 4.70. The number of nitrogens with one attached hydrogen (secondary N) is 1. The lowest BCUT2D eigenvalue weighted by atomic mass is 10.2. The standard InChI is InChI=1S/C23H19Cl2F3N2O3S2/c1-35(32,33)30(20-12-16(23(26,27)28)8-11-18(20)25)13-22(31)29-19-4-2-3-5-21(19)34-14-15-6-9-17(24)10-7-15/h2-12H,13-14H2,1H3,(H,29,31). The van der Waals surface area contributed by atoms with Crippen LogP contribution < -0.4 is 9.62 Å². The quantitative estimate of drug-likeness (QED) is 0.310. The first-order valence-corrected chi connectivity index (χ1v) is 13.5. The Hall–Kier alpha value is -2.40. The van der Waals surface area contributed by atoms with E-state index in [-0.39, 0.29) is 5.02 Å². The van der Waals surface area contributed by atoms with E-state index in [1.54, 1.807) is 36.4 Å². The highest BCUT2D eigenvalue weighted by Gasteiger charge is 2.33. The summed E-state index contributed by atoms with van der Waals surface area (Å²) in [4.78, 5) is 13.5. The Morgan fingerprint density at radius 1 is 1.03 bits per heavy atom. The molecule has 3 aromatic rings. The molecule has 0 heterocycles. The van der Waals surface area contributed by atoms with Crippen LogP contribution in [0.2, 0.25) is 10.0 Å². The molecule has 186 valence electrons. The molecule has 0 aliphatic heterocycles. The molecule has 0 saturated carbocycles. The molecule has 1 N–H and O–H groups in total. The van der Waals surface area contributed by atoms with Crippen LogP contribution >= 0.6 is 35.0 Å². The number of hydrogen-bond donors (Lipinski definition) is 1. The highest BCUT2D eigenvalue weighted by molar-refractivity contribution is 7.98. The van der Waals surface area contributed by atoms with Gasteiger partial charge in [-0.2, -0.15) is 13.2 Å². The van der Waals surface area contributed by atoms with Gasteiger partial charge in [0.05, 0.1) is 28.2 Å². The number of amides is 1. The predicted molar refractivity (Wildman–Crippen MR) is 135 cm³/mol. The van der Waals surface area contributed by atoms with Crippen molar-refractivity contribution in [2.45, 2.75) is 16.8 Å². The fourth-order valence-corrected chi connectivity index (χ4v) is 5.24. The van der Waals surface area contributed by atoms with Crippen molar-refractivity contribution in [2.75, 3.05) is 22.4 Å². The number of hydrogen-bond acceptors (Lipinski definition) is 4. The Kier molecular flexibility index (Phi) is 8.63. The summed E-state index contributed by atoms with van der Waals surface area (Å²) in [5, 5.41) is 3.01. The van der Waals surface area contributed by atoms with Gasteiger partial charge in [-0.15, -0.1) is 11.8 Å². The van der Waals surface area contributed by atoms with Crippen molar-refractivity contribution in [3.05, 3.63) is 87.9 Å². The number of rotatable bonds is 8. The molecular formula is C23H19Cl2F3N2O3S2. The molecule has 35 heavy (non-hydrogen) atoms. The summed E-state index contributed by atoms with van der Waals surface area (Å²) in [6.07, 6.45) is -3.93. The summed E-state index contributed by atoms with van der Waals surface area (Å²) in [6.45, 7) is -0.768. The number of anilines is 2. The van der Waals surface area contributed by atoms with Crippen LogP contribution in [-0.4, -0.2) is 27.1 Å². The van der Waals surface area contributed by atoms with E-state index in [0.717, 1.165) is 28.8 Å². The SMILES string of the molecule is CS(=O)(=O)N(CC(=O)Nc1ccccc1SCc1ccc(Cl)cc1)c1cc(C(F)(F)F)ccc1Cl. The van der Waals surface area contributed by atoms with Gasteiger partial charge < -0.3 is 5.32 Å². The second-order valence-electron chi connectivity index (χ2n) is 7.39. The van der Waals surface area contributed by atoms with E-state index in [2.05, 4.69) is 5.32 Å². The Bertz CT molecular complexity index is 1320. The van der Waals surface area contributed by atoms with Gasteiger partial charge in [-0.1, -0.05) is 47.5 Å². The van der Waals surface area contributed by atoms with Crippen molar-refractivity contribution in [3.8, 4) is 0 Å². The first-order chi connectivity index (χ1) is 16.3. The molecule has 0 unspecified atom stereocenters. The molecule has 5 nitrogen and oxygen atoms in total. The van der Waals surface area contributed by atoms with E-state index in [1.807, 2.05) is 12.1 Å². The van der Waals surface area contributed by atoms with Gasteiger partial charge in [-0.25, -0.2) is 8.42 Å². The average molecular weight is 563 g/mol. The molecule has 0 fully saturated rings. The molecule has 1 amide bonds. The van der Waals surface area contributed by atoms with Crippen LogP contribution in [0.25, 0.3) is 0 Å². The van der Waals surface area contributed by atoms with Crippen molar-refractivity contribution in [2.24, 2.45) is 0 Å². The van der Waals surface area contributed by atoms with E-state index in [1.165, 1.54) is 11.8 Å². The third-order valence-corrected chi connectivity index (χ3v) is 7.54. The van der Waals surface area contributed by atoms with Gasteiger partial charge in [0.15, 0.2) is 0 Å². The molecule has 0 aliphatic rings. The smallest absolute Gasteiger partial charge is 0.323 e. The maximum absolute atomic E-state index is 13.2. The number of para-hydroxylation sites is 1. The molecule has 0 atom stereocenters. The van der Waals surface area contributed by atoms with E-state index in [9.17, 15) is 26.4 Å². The van der Waals surface area contributed by atoms with Gasteiger partial charge >= 0.3 is 6.18 Å². The number of carbonyl (C=O) groups excluding carboxylic acids is 1. The first-order valence-electron chi connectivity index (χ1n) is 9.95. The minimum Gasteiger partial charge on any atom is -0.323 e. The summed E-state index contributed by atoms with van der Waals surface area (Å²) in [5.41, 5.74) is -0.0949. The summed E-state index contributed by atoms with van der Waals surface area (Å²) in [6, 6.07) is 16.5. The van der Waals surface area contributed by atoms with Crippen molar-refractivity contribution in [1.82, 2.24) is 0 Å². The van der Waals surface area contributed by atoms with Crippen LogP contribution in [0.15, 0.2) is 71.6 Å². The summed E-state index contributed by atoms with van der Waals surface area (Å²) < 4.78 is 64.8. The Labute approximate surface area is 215 Å². The van der Waals surface area contributed by atoms with Crippen LogP contribution in [0.5, 0.6) is 0 Å². The molecule has 0 spiro atoms. The number of sulfonamides is 1.